The van der Waals surface area contributed by atoms with Crippen LogP contribution < -0.4 is 10.6 Å². The van der Waals surface area contributed by atoms with Gasteiger partial charge in [0.2, 0.25) is 11.8 Å². The first-order valence-electron chi connectivity index (χ1n) is 7.29. The van der Waals surface area contributed by atoms with Gasteiger partial charge in [0.15, 0.2) is 0 Å². The van der Waals surface area contributed by atoms with E-state index in [0.717, 1.165) is 19.3 Å². The highest BCUT2D eigenvalue weighted by Gasteiger charge is 2.26. The highest BCUT2D eigenvalue weighted by atomic mass is 16.3. The number of aliphatic hydroxyl groups is 1. The third-order valence-electron chi connectivity index (χ3n) is 3.21. The first-order valence-corrected chi connectivity index (χ1v) is 7.29. The third kappa shape index (κ3) is 7.48. The Balaban J connectivity index is 3.89. The Kier molecular flexibility index (Phi) is 7.79. The van der Waals surface area contributed by atoms with E-state index < -0.39 is 5.41 Å². The van der Waals surface area contributed by atoms with Gasteiger partial charge in [-0.3, -0.25) is 9.59 Å². The van der Waals surface area contributed by atoms with Gasteiger partial charge in [-0.25, -0.2) is 0 Å². The molecule has 0 radical (unpaired) electrons. The van der Waals surface area contributed by atoms with E-state index >= 15 is 0 Å². The molecule has 20 heavy (non-hydrogen) atoms. The third-order valence-corrected chi connectivity index (χ3v) is 3.21. The monoisotopic (exact) mass is 286 g/mol. The Labute approximate surface area is 122 Å². The van der Waals surface area contributed by atoms with Crippen molar-refractivity contribution >= 4 is 11.8 Å². The molecule has 0 atom stereocenters. The molecule has 0 bridgehead atoms. The molecule has 0 spiro atoms. The van der Waals surface area contributed by atoms with Crippen molar-refractivity contribution in [2.24, 2.45) is 10.8 Å². The average molecular weight is 286 g/mol. The highest BCUT2D eigenvalue weighted by molar-refractivity contribution is 5.82. The van der Waals surface area contributed by atoms with Crippen molar-refractivity contribution in [1.82, 2.24) is 10.6 Å². The molecule has 0 aliphatic rings. The molecule has 3 N–H and O–H groups in total. The van der Waals surface area contributed by atoms with Crippen LogP contribution in [0.3, 0.4) is 0 Å². The van der Waals surface area contributed by atoms with E-state index in [1.165, 1.54) is 0 Å². The summed E-state index contributed by atoms with van der Waals surface area (Å²) in [6, 6.07) is 0. The van der Waals surface area contributed by atoms with Gasteiger partial charge in [-0.1, -0.05) is 41.0 Å². The number of rotatable bonds is 8. The number of hydrogen-bond acceptors (Lipinski definition) is 3. The molecule has 5 nitrogen and oxygen atoms in total. The molecule has 0 aliphatic carbocycles. The number of carbonyl (C=O) groups excluding carboxylic acids is 2. The zero-order valence-electron chi connectivity index (χ0n) is 13.5. The van der Waals surface area contributed by atoms with Gasteiger partial charge in [0.25, 0.3) is 0 Å². The molecule has 2 amide bonds. The molecule has 5 heteroatoms. The summed E-state index contributed by atoms with van der Waals surface area (Å²) in [5.74, 6) is 0.0164. The average Bonchev–Trinajstić information content (AvgIpc) is 2.33. The number of nitrogens with one attached hydrogen (secondary N) is 2. The predicted octanol–water partition coefficient (Wildman–Crippen LogP) is 1.45. The lowest BCUT2D eigenvalue weighted by Crippen LogP contribution is -2.38. The van der Waals surface area contributed by atoms with Crippen LogP contribution in [0, 0.1) is 10.8 Å². The minimum Gasteiger partial charge on any atom is -0.395 e. The molecular formula is C15H30N2O3. The maximum atomic E-state index is 11.8. The maximum absolute atomic E-state index is 11.8. The summed E-state index contributed by atoms with van der Waals surface area (Å²) in [6.07, 6.45) is 2.50. The fraction of sp³-hybridized carbons (Fsp3) is 0.867. The van der Waals surface area contributed by atoms with Crippen LogP contribution in [0.2, 0.25) is 0 Å². The fourth-order valence-electron chi connectivity index (χ4n) is 1.68. The molecule has 0 aromatic rings. The summed E-state index contributed by atoms with van der Waals surface area (Å²) in [7, 11) is 0. The van der Waals surface area contributed by atoms with E-state index in [4.69, 9.17) is 5.11 Å². The van der Waals surface area contributed by atoms with E-state index in [9.17, 15) is 9.59 Å². The molecule has 0 aliphatic heterocycles. The smallest absolute Gasteiger partial charge is 0.225 e. The molecule has 0 heterocycles. The quantitative estimate of drug-likeness (QED) is 0.591. The van der Waals surface area contributed by atoms with Crippen molar-refractivity contribution in [3.8, 4) is 0 Å². The van der Waals surface area contributed by atoms with Gasteiger partial charge in [0.05, 0.1) is 6.61 Å². The Morgan fingerprint density at radius 1 is 0.900 bits per heavy atom. The number of aliphatic hydroxyl groups excluding tert-OH is 1. The molecule has 118 valence electrons. The molecular weight excluding hydrogens is 256 g/mol. The second-order valence-corrected chi connectivity index (χ2v) is 6.83. The molecule has 0 unspecified atom stereocenters. The summed E-state index contributed by atoms with van der Waals surface area (Å²) in [5, 5.41) is 14.3. The zero-order valence-corrected chi connectivity index (χ0v) is 13.5. The fourth-order valence-corrected chi connectivity index (χ4v) is 1.68. The lowest BCUT2D eigenvalue weighted by Gasteiger charge is -2.23. The van der Waals surface area contributed by atoms with Crippen LogP contribution in [0.1, 0.15) is 53.9 Å². The van der Waals surface area contributed by atoms with Crippen molar-refractivity contribution < 1.29 is 14.7 Å². The maximum Gasteiger partial charge on any atom is 0.225 e. The van der Waals surface area contributed by atoms with Gasteiger partial charge in [-0.05, 0) is 12.8 Å². The van der Waals surface area contributed by atoms with Crippen LogP contribution in [0.5, 0.6) is 0 Å². The Morgan fingerprint density at radius 2 is 1.45 bits per heavy atom. The SMILES string of the molecule is CC(C)(C)C(=O)NCCCCC(C)(C)C(=O)NCCO. The van der Waals surface area contributed by atoms with Gasteiger partial charge >= 0.3 is 0 Å². The van der Waals surface area contributed by atoms with E-state index in [0.29, 0.717) is 13.1 Å². The molecule has 0 aromatic heterocycles. The van der Waals surface area contributed by atoms with E-state index in [1.807, 2.05) is 34.6 Å². The van der Waals surface area contributed by atoms with Crippen molar-refractivity contribution in [3.63, 3.8) is 0 Å². The van der Waals surface area contributed by atoms with Crippen molar-refractivity contribution in [1.29, 1.82) is 0 Å². The van der Waals surface area contributed by atoms with Crippen LogP contribution in [-0.4, -0.2) is 36.6 Å². The van der Waals surface area contributed by atoms with Crippen LogP contribution in [0.4, 0.5) is 0 Å². The summed E-state index contributed by atoms with van der Waals surface area (Å²) in [5.41, 5.74) is -0.799. The predicted molar refractivity (Wildman–Crippen MR) is 80.2 cm³/mol. The molecule has 0 saturated carbocycles. The second kappa shape index (κ2) is 8.25. The summed E-state index contributed by atoms with van der Waals surface area (Å²) < 4.78 is 0. The van der Waals surface area contributed by atoms with E-state index in [-0.39, 0.29) is 23.8 Å². The van der Waals surface area contributed by atoms with E-state index in [1.54, 1.807) is 0 Å². The summed E-state index contributed by atoms with van der Waals surface area (Å²) in [4.78, 5) is 23.5. The number of amides is 2. The summed E-state index contributed by atoms with van der Waals surface area (Å²) in [6.45, 7) is 10.3. The van der Waals surface area contributed by atoms with Gasteiger partial charge < -0.3 is 15.7 Å². The first kappa shape index (κ1) is 18.9. The van der Waals surface area contributed by atoms with Gasteiger partial charge in [-0.2, -0.15) is 0 Å². The lowest BCUT2D eigenvalue weighted by molar-refractivity contribution is -0.130. The first-order chi connectivity index (χ1) is 9.11. The number of hydrogen-bond donors (Lipinski definition) is 3. The topological polar surface area (TPSA) is 78.4 Å². The molecule has 0 aromatic carbocycles. The normalized spacial score (nSPS) is 12.1. The van der Waals surface area contributed by atoms with Crippen LogP contribution >= 0.6 is 0 Å². The number of carbonyl (C=O) groups is 2. The molecule has 0 saturated heterocycles. The van der Waals surface area contributed by atoms with Gasteiger partial charge in [0.1, 0.15) is 0 Å². The van der Waals surface area contributed by atoms with Gasteiger partial charge in [-0.15, -0.1) is 0 Å². The lowest BCUT2D eigenvalue weighted by atomic mass is 9.86. The minimum absolute atomic E-state index is 0.0368. The van der Waals surface area contributed by atoms with Gasteiger partial charge in [0, 0.05) is 23.9 Å². The van der Waals surface area contributed by atoms with Crippen molar-refractivity contribution in [2.75, 3.05) is 19.7 Å². The molecule has 0 fully saturated rings. The largest absolute Gasteiger partial charge is 0.395 e. The number of unbranched alkanes of at least 4 members (excludes halogenated alkanes) is 1. The summed E-state index contributed by atoms with van der Waals surface area (Å²) >= 11 is 0. The van der Waals surface area contributed by atoms with Crippen LogP contribution in [0.15, 0.2) is 0 Å². The van der Waals surface area contributed by atoms with Crippen molar-refractivity contribution in [3.05, 3.63) is 0 Å². The highest BCUT2D eigenvalue weighted by Crippen LogP contribution is 2.23. The van der Waals surface area contributed by atoms with Crippen LogP contribution in [0.25, 0.3) is 0 Å². The Hall–Kier alpha value is -1.10. The van der Waals surface area contributed by atoms with E-state index in [2.05, 4.69) is 10.6 Å². The Morgan fingerprint density at radius 3 is 1.95 bits per heavy atom. The van der Waals surface area contributed by atoms with Crippen LogP contribution in [-0.2, 0) is 9.59 Å². The van der Waals surface area contributed by atoms with Crippen molar-refractivity contribution in [2.45, 2.75) is 53.9 Å². The standard InChI is InChI=1S/C15H30N2O3/c1-14(2,3)12(19)16-9-7-6-8-15(4,5)13(20)17-10-11-18/h18H,6-11H2,1-5H3,(H,16,19)(H,17,20). The zero-order chi connectivity index (χ0) is 15.8. The second-order valence-electron chi connectivity index (χ2n) is 6.83. The Bertz CT molecular complexity index is 320. The molecule has 0 rings (SSSR count). The minimum atomic E-state index is -0.441.